The van der Waals surface area contributed by atoms with Crippen molar-refractivity contribution in [3.63, 3.8) is 0 Å². The van der Waals surface area contributed by atoms with Crippen molar-refractivity contribution in [1.29, 1.82) is 0 Å². The van der Waals surface area contributed by atoms with Crippen LogP contribution < -0.4 is 0 Å². The Kier molecular flexibility index (Phi) is 6.28. The molecule has 0 bridgehead atoms. The van der Waals surface area contributed by atoms with Crippen molar-refractivity contribution in [3.05, 3.63) is 0 Å². The molecular formula is C12H26N2O2. The first-order chi connectivity index (χ1) is 7.74. The molecular weight excluding hydrogens is 204 g/mol. The highest BCUT2D eigenvalue weighted by atomic mass is 16.5. The maximum atomic E-state index is 7.00. The van der Waals surface area contributed by atoms with Gasteiger partial charge >= 0.3 is 0 Å². The van der Waals surface area contributed by atoms with Crippen LogP contribution >= 0.6 is 0 Å². The van der Waals surface area contributed by atoms with Gasteiger partial charge in [0.05, 0.1) is 12.2 Å². The largest absolute Gasteiger partial charge is 0.400 e. The minimum Gasteiger partial charge on any atom is -0.400 e. The van der Waals surface area contributed by atoms with Gasteiger partial charge in [0, 0.05) is 33.3 Å². The molecule has 2 aliphatic heterocycles. The van der Waals surface area contributed by atoms with Gasteiger partial charge < -0.3 is 19.6 Å². The summed E-state index contributed by atoms with van der Waals surface area (Å²) >= 11 is 0. The number of likely N-dealkylation sites (N-methyl/N-ethyl adjacent to an activating group) is 1. The summed E-state index contributed by atoms with van der Waals surface area (Å²) in [6, 6.07) is 0. The van der Waals surface area contributed by atoms with Crippen molar-refractivity contribution in [3.8, 4) is 0 Å². The molecule has 2 rings (SSSR count). The Balaban J connectivity index is 0.000000606. The predicted octanol–water partition coefficient (Wildman–Crippen LogP) is 0.410. The van der Waals surface area contributed by atoms with Gasteiger partial charge in [-0.2, -0.15) is 0 Å². The molecule has 0 spiro atoms. The van der Waals surface area contributed by atoms with E-state index in [2.05, 4.69) is 23.9 Å². The Morgan fingerprint density at radius 2 is 1.38 bits per heavy atom. The Bertz CT molecular complexity index is 182. The summed E-state index contributed by atoms with van der Waals surface area (Å²) in [4.78, 5) is 4.75. The van der Waals surface area contributed by atoms with Gasteiger partial charge in [0.1, 0.15) is 0 Å². The zero-order valence-electron chi connectivity index (χ0n) is 10.9. The SMILES string of the molecule is CN1CCC(OC2CCN(C)C2)CC1.CO. The molecule has 2 saturated heterocycles. The fourth-order valence-electron chi connectivity index (χ4n) is 2.40. The lowest BCUT2D eigenvalue weighted by atomic mass is 10.1. The molecule has 0 aromatic rings. The smallest absolute Gasteiger partial charge is 0.0717 e. The van der Waals surface area contributed by atoms with E-state index in [0.29, 0.717) is 12.2 Å². The molecule has 0 saturated carbocycles. The van der Waals surface area contributed by atoms with E-state index in [0.717, 1.165) is 13.7 Å². The Morgan fingerprint density at radius 3 is 1.88 bits per heavy atom. The molecule has 0 amide bonds. The second-order valence-electron chi connectivity index (χ2n) is 4.81. The fraction of sp³-hybridized carbons (Fsp3) is 1.00. The molecule has 2 heterocycles. The minimum absolute atomic E-state index is 0.508. The number of hydrogen-bond donors (Lipinski definition) is 1. The Morgan fingerprint density at radius 1 is 0.875 bits per heavy atom. The first-order valence-corrected chi connectivity index (χ1v) is 6.21. The molecule has 2 aliphatic rings. The molecule has 2 fully saturated rings. The zero-order chi connectivity index (χ0) is 12.0. The van der Waals surface area contributed by atoms with Gasteiger partial charge in [-0.25, -0.2) is 0 Å². The third-order valence-corrected chi connectivity index (χ3v) is 3.40. The summed E-state index contributed by atoms with van der Waals surface area (Å²) < 4.78 is 6.10. The topological polar surface area (TPSA) is 35.9 Å². The molecule has 1 N–H and O–H groups in total. The lowest BCUT2D eigenvalue weighted by Crippen LogP contribution is -2.36. The number of piperidine rings is 1. The summed E-state index contributed by atoms with van der Waals surface area (Å²) in [5.74, 6) is 0. The molecule has 0 radical (unpaired) electrons. The van der Waals surface area contributed by atoms with Gasteiger partial charge in [-0.05, 0) is 33.4 Å². The average molecular weight is 230 g/mol. The van der Waals surface area contributed by atoms with Crippen molar-refractivity contribution in [2.24, 2.45) is 0 Å². The molecule has 0 aromatic carbocycles. The maximum absolute atomic E-state index is 7.00. The molecule has 16 heavy (non-hydrogen) atoms. The highest BCUT2D eigenvalue weighted by Gasteiger charge is 2.25. The van der Waals surface area contributed by atoms with Crippen LogP contribution in [0.5, 0.6) is 0 Å². The average Bonchev–Trinajstić information content (AvgIpc) is 2.70. The van der Waals surface area contributed by atoms with Crippen LogP contribution in [0.1, 0.15) is 19.3 Å². The third-order valence-electron chi connectivity index (χ3n) is 3.40. The standard InChI is InChI=1S/C11H22N2O.CH4O/c1-12-6-3-10(4-7-12)14-11-5-8-13(2)9-11;1-2/h10-11H,3-9H2,1-2H3;2H,1H3. The summed E-state index contributed by atoms with van der Waals surface area (Å²) in [5.41, 5.74) is 0. The minimum atomic E-state index is 0.508. The quantitative estimate of drug-likeness (QED) is 0.745. The molecule has 4 nitrogen and oxygen atoms in total. The van der Waals surface area contributed by atoms with Gasteiger partial charge in [-0.15, -0.1) is 0 Å². The highest BCUT2D eigenvalue weighted by molar-refractivity contribution is 4.77. The third kappa shape index (κ3) is 4.37. The van der Waals surface area contributed by atoms with Crippen LogP contribution in [0.2, 0.25) is 0 Å². The zero-order valence-corrected chi connectivity index (χ0v) is 10.9. The Hall–Kier alpha value is -0.160. The van der Waals surface area contributed by atoms with Crippen molar-refractivity contribution < 1.29 is 9.84 Å². The molecule has 1 atom stereocenters. The maximum Gasteiger partial charge on any atom is 0.0717 e. The van der Waals surface area contributed by atoms with Crippen molar-refractivity contribution >= 4 is 0 Å². The number of aliphatic hydroxyl groups is 1. The van der Waals surface area contributed by atoms with Crippen LogP contribution in [0.25, 0.3) is 0 Å². The first kappa shape index (κ1) is 13.9. The van der Waals surface area contributed by atoms with Gasteiger partial charge in [0.15, 0.2) is 0 Å². The first-order valence-electron chi connectivity index (χ1n) is 6.21. The number of rotatable bonds is 2. The predicted molar refractivity (Wildman–Crippen MR) is 65.6 cm³/mol. The van der Waals surface area contributed by atoms with Crippen molar-refractivity contribution in [1.82, 2.24) is 9.80 Å². The second-order valence-corrected chi connectivity index (χ2v) is 4.81. The number of nitrogens with zero attached hydrogens (tertiary/aromatic N) is 2. The van der Waals surface area contributed by atoms with E-state index in [-0.39, 0.29) is 0 Å². The van der Waals surface area contributed by atoms with Crippen LogP contribution in [0.4, 0.5) is 0 Å². The number of likely N-dealkylation sites (tertiary alicyclic amines) is 2. The van der Waals surface area contributed by atoms with Crippen molar-refractivity contribution in [2.45, 2.75) is 31.5 Å². The van der Waals surface area contributed by atoms with Gasteiger partial charge in [0.2, 0.25) is 0 Å². The van der Waals surface area contributed by atoms with Crippen LogP contribution in [-0.2, 0) is 4.74 Å². The van der Waals surface area contributed by atoms with Crippen LogP contribution in [-0.4, -0.2) is 74.5 Å². The van der Waals surface area contributed by atoms with E-state index < -0.39 is 0 Å². The fourth-order valence-corrected chi connectivity index (χ4v) is 2.40. The van der Waals surface area contributed by atoms with E-state index in [9.17, 15) is 0 Å². The second kappa shape index (κ2) is 7.22. The summed E-state index contributed by atoms with van der Waals surface area (Å²) in [6.45, 7) is 4.74. The summed E-state index contributed by atoms with van der Waals surface area (Å²) in [6.07, 6.45) is 4.70. The van der Waals surface area contributed by atoms with E-state index in [1.54, 1.807) is 0 Å². The van der Waals surface area contributed by atoms with Crippen LogP contribution in [0.15, 0.2) is 0 Å². The number of hydrogen-bond acceptors (Lipinski definition) is 4. The summed E-state index contributed by atoms with van der Waals surface area (Å²) in [5, 5.41) is 7.00. The van der Waals surface area contributed by atoms with Crippen LogP contribution in [0.3, 0.4) is 0 Å². The summed E-state index contributed by atoms with van der Waals surface area (Å²) in [7, 11) is 5.37. The van der Waals surface area contributed by atoms with E-state index >= 15 is 0 Å². The normalized spacial score (nSPS) is 28.9. The van der Waals surface area contributed by atoms with E-state index in [4.69, 9.17) is 9.84 Å². The van der Waals surface area contributed by atoms with Gasteiger partial charge in [-0.3, -0.25) is 0 Å². The highest BCUT2D eigenvalue weighted by Crippen LogP contribution is 2.18. The number of ether oxygens (including phenoxy) is 1. The monoisotopic (exact) mass is 230 g/mol. The van der Waals surface area contributed by atoms with Gasteiger partial charge in [-0.1, -0.05) is 0 Å². The van der Waals surface area contributed by atoms with E-state index in [1.165, 1.54) is 38.9 Å². The molecule has 96 valence electrons. The lowest BCUT2D eigenvalue weighted by Gasteiger charge is -2.30. The Labute approximate surface area is 99.2 Å². The number of aliphatic hydroxyl groups excluding tert-OH is 1. The lowest BCUT2D eigenvalue weighted by molar-refractivity contribution is -0.0335. The van der Waals surface area contributed by atoms with Gasteiger partial charge in [0.25, 0.3) is 0 Å². The van der Waals surface area contributed by atoms with E-state index in [1.807, 2.05) is 0 Å². The van der Waals surface area contributed by atoms with Crippen LogP contribution in [0, 0.1) is 0 Å². The molecule has 1 unspecified atom stereocenters. The molecule has 0 aliphatic carbocycles. The molecule has 4 heteroatoms. The molecule has 0 aromatic heterocycles. The van der Waals surface area contributed by atoms with Crippen molar-refractivity contribution in [2.75, 3.05) is 47.4 Å².